The summed E-state index contributed by atoms with van der Waals surface area (Å²) in [6.45, 7) is 3.27. The average Bonchev–Trinajstić information content (AvgIpc) is 2.52. The molecule has 0 amide bonds. The van der Waals surface area contributed by atoms with E-state index in [2.05, 4.69) is 6.92 Å². The highest BCUT2D eigenvalue weighted by atomic mass is 35.5. The number of hydrogen-bond donors (Lipinski definition) is 0. The summed E-state index contributed by atoms with van der Waals surface area (Å²) < 4.78 is 11.4. The van der Waals surface area contributed by atoms with Crippen molar-refractivity contribution in [2.45, 2.75) is 13.5 Å². The summed E-state index contributed by atoms with van der Waals surface area (Å²) in [5, 5.41) is 0. The average molecular weight is 291 g/mol. The van der Waals surface area contributed by atoms with Crippen molar-refractivity contribution in [2.75, 3.05) is 12.5 Å². The Kier molecular flexibility index (Phi) is 5.75. The Morgan fingerprint density at radius 1 is 0.900 bits per heavy atom. The molecule has 1 unspecified atom stereocenters. The zero-order valence-electron chi connectivity index (χ0n) is 11.6. The summed E-state index contributed by atoms with van der Waals surface area (Å²) >= 11 is 5.74. The minimum Gasteiger partial charge on any atom is -0.493 e. The van der Waals surface area contributed by atoms with Crippen LogP contribution in [0.5, 0.6) is 11.5 Å². The quantitative estimate of drug-likeness (QED) is 0.698. The van der Waals surface area contributed by atoms with E-state index in [4.69, 9.17) is 21.1 Å². The summed E-state index contributed by atoms with van der Waals surface area (Å²) in [6.07, 6.45) is 0. The third kappa shape index (κ3) is 4.78. The van der Waals surface area contributed by atoms with Gasteiger partial charge in [0.05, 0.1) is 6.61 Å². The Balaban J connectivity index is 1.82. The first-order valence-corrected chi connectivity index (χ1v) is 7.27. The van der Waals surface area contributed by atoms with E-state index in [1.165, 1.54) is 0 Å². The first-order valence-electron chi connectivity index (χ1n) is 6.73. The zero-order valence-corrected chi connectivity index (χ0v) is 12.3. The highest BCUT2D eigenvalue weighted by Crippen LogP contribution is 2.19. The van der Waals surface area contributed by atoms with Gasteiger partial charge in [0.15, 0.2) is 0 Å². The van der Waals surface area contributed by atoms with Gasteiger partial charge in [-0.25, -0.2) is 0 Å². The molecule has 2 nitrogen and oxygen atoms in total. The molecule has 20 heavy (non-hydrogen) atoms. The smallest absolute Gasteiger partial charge is 0.120 e. The molecule has 0 aromatic heterocycles. The van der Waals surface area contributed by atoms with Crippen molar-refractivity contribution in [3.8, 4) is 11.5 Å². The molecule has 2 aromatic carbocycles. The fraction of sp³-hybridized carbons (Fsp3) is 0.294. The lowest BCUT2D eigenvalue weighted by Gasteiger charge is -2.11. The van der Waals surface area contributed by atoms with Crippen LogP contribution in [0.15, 0.2) is 54.6 Å². The summed E-state index contributed by atoms with van der Waals surface area (Å²) in [6, 6.07) is 17.8. The van der Waals surface area contributed by atoms with E-state index in [9.17, 15) is 0 Å². The van der Waals surface area contributed by atoms with Crippen molar-refractivity contribution in [1.82, 2.24) is 0 Å². The van der Waals surface area contributed by atoms with Crippen LogP contribution in [0.1, 0.15) is 12.5 Å². The number of hydrogen-bond acceptors (Lipinski definition) is 2. The van der Waals surface area contributed by atoms with Gasteiger partial charge < -0.3 is 9.47 Å². The standard InChI is InChI=1S/C17H19ClO2/c1-14(11-18)12-19-16-7-9-17(10-8-16)20-13-15-5-3-2-4-6-15/h2-10,14H,11-13H2,1H3. The molecule has 0 radical (unpaired) electrons. The van der Waals surface area contributed by atoms with Gasteiger partial charge in [0.2, 0.25) is 0 Å². The zero-order chi connectivity index (χ0) is 14.2. The summed E-state index contributed by atoms with van der Waals surface area (Å²) in [5.74, 6) is 2.64. The predicted molar refractivity (Wildman–Crippen MR) is 82.6 cm³/mol. The molecule has 3 heteroatoms. The second-order valence-electron chi connectivity index (χ2n) is 4.82. The Bertz CT molecular complexity index is 496. The van der Waals surface area contributed by atoms with E-state index < -0.39 is 0 Å². The minimum absolute atomic E-state index is 0.352. The molecule has 1 atom stereocenters. The third-order valence-corrected chi connectivity index (χ3v) is 3.40. The molecule has 0 heterocycles. The van der Waals surface area contributed by atoms with Crippen molar-refractivity contribution in [3.63, 3.8) is 0 Å². The first kappa shape index (κ1) is 14.7. The number of alkyl halides is 1. The predicted octanol–water partition coefficient (Wildman–Crippen LogP) is 4.52. The van der Waals surface area contributed by atoms with Crippen molar-refractivity contribution >= 4 is 11.6 Å². The van der Waals surface area contributed by atoms with E-state index in [1.807, 2.05) is 54.6 Å². The van der Waals surface area contributed by atoms with Crippen LogP contribution >= 0.6 is 11.6 Å². The molecule has 2 aromatic rings. The Labute approximate surface area is 125 Å². The molecular weight excluding hydrogens is 272 g/mol. The molecule has 0 aliphatic heterocycles. The Morgan fingerprint density at radius 3 is 2.10 bits per heavy atom. The fourth-order valence-corrected chi connectivity index (χ4v) is 1.75. The van der Waals surface area contributed by atoms with E-state index in [0.29, 0.717) is 25.0 Å². The SMILES string of the molecule is CC(CCl)COc1ccc(OCc2ccccc2)cc1. The van der Waals surface area contributed by atoms with Gasteiger partial charge >= 0.3 is 0 Å². The Morgan fingerprint density at radius 2 is 1.50 bits per heavy atom. The fourth-order valence-electron chi connectivity index (χ4n) is 1.66. The van der Waals surface area contributed by atoms with Crippen LogP contribution < -0.4 is 9.47 Å². The molecule has 2 rings (SSSR count). The number of halogens is 1. The number of ether oxygens (including phenoxy) is 2. The van der Waals surface area contributed by atoms with Gasteiger partial charge in [-0.15, -0.1) is 11.6 Å². The maximum atomic E-state index is 5.74. The first-order chi connectivity index (χ1) is 9.78. The molecule has 0 aliphatic rings. The van der Waals surface area contributed by atoms with Crippen LogP contribution in [0.3, 0.4) is 0 Å². The van der Waals surface area contributed by atoms with Crippen molar-refractivity contribution in [2.24, 2.45) is 5.92 Å². The summed E-state index contributed by atoms with van der Waals surface area (Å²) in [5.41, 5.74) is 1.16. The lowest BCUT2D eigenvalue weighted by Crippen LogP contribution is -2.09. The number of benzene rings is 2. The van der Waals surface area contributed by atoms with Gasteiger partial charge in [-0.2, -0.15) is 0 Å². The van der Waals surface area contributed by atoms with E-state index in [0.717, 1.165) is 17.1 Å². The summed E-state index contributed by atoms with van der Waals surface area (Å²) in [7, 11) is 0. The van der Waals surface area contributed by atoms with Gasteiger partial charge in [0.25, 0.3) is 0 Å². The molecule has 0 fully saturated rings. The maximum Gasteiger partial charge on any atom is 0.120 e. The third-order valence-electron chi connectivity index (χ3n) is 2.87. The highest BCUT2D eigenvalue weighted by Gasteiger charge is 2.02. The van der Waals surface area contributed by atoms with Crippen molar-refractivity contribution in [1.29, 1.82) is 0 Å². The molecule has 0 bridgehead atoms. The molecule has 0 N–H and O–H groups in total. The molecule has 106 valence electrons. The minimum atomic E-state index is 0.352. The van der Waals surface area contributed by atoms with Crippen LogP contribution in [-0.4, -0.2) is 12.5 Å². The second-order valence-corrected chi connectivity index (χ2v) is 5.12. The van der Waals surface area contributed by atoms with Gasteiger partial charge in [0, 0.05) is 11.8 Å². The van der Waals surface area contributed by atoms with Crippen LogP contribution in [0.25, 0.3) is 0 Å². The maximum absolute atomic E-state index is 5.74. The van der Waals surface area contributed by atoms with E-state index >= 15 is 0 Å². The highest BCUT2D eigenvalue weighted by molar-refractivity contribution is 6.18. The molecule has 0 saturated heterocycles. The summed E-state index contributed by atoms with van der Waals surface area (Å²) in [4.78, 5) is 0. The van der Waals surface area contributed by atoms with Crippen molar-refractivity contribution < 1.29 is 9.47 Å². The van der Waals surface area contributed by atoms with Gasteiger partial charge in [-0.1, -0.05) is 37.3 Å². The van der Waals surface area contributed by atoms with Crippen LogP contribution in [0.2, 0.25) is 0 Å². The molecule has 0 saturated carbocycles. The largest absolute Gasteiger partial charge is 0.493 e. The van der Waals surface area contributed by atoms with Crippen LogP contribution in [0.4, 0.5) is 0 Å². The van der Waals surface area contributed by atoms with Gasteiger partial charge in [-0.3, -0.25) is 0 Å². The molecular formula is C17H19ClO2. The second kappa shape index (κ2) is 7.81. The van der Waals surface area contributed by atoms with Gasteiger partial charge in [-0.05, 0) is 29.8 Å². The van der Waals surface area contributed by atoms with E-state index in [-0.39, 0.29) is 0 Å². The lowest BCUT2D eigenvalue weighted by atomic mass is 10.2. The van der Waals surface area contributed by atoms with Gasteiger partial charge in [0.1, 0.15) is 18.1 Å². The lowest BCUT2D eigenvalue weighted by molar-refractivity contribution is 0.271. The Hall–Kier alpha value is -1.67. The molecule has 0 aliphatic carbocycles. The van der Waals surface area contributed by atoms with Crippen LogP contribution in [-0.2, 0) is 6.61 Å². The van der Waals surface area contributed by atoms with E-state index in [1.54, 1.807) is 0 Å². The monoisotopic (exact) mass is 290 g/mol. The topological polar surface area (TPSA) is 18.5 Å². The molecule has 0 spiro atoms. The van der Waals surface area contributed by atoms with Crippen molar-refractivity contribution in [3.05, 3.63) is 60.2 Å². The normalized spacial score (nSPS) is 11.9. The number of rotatable bonds is 7. The van der Waals surface area contributed by atoms with Crippen LogP contribution in [0, 0.1) is 5.92 Å².